The molecule has 0 atom stereocenters. The number of carbonyl (C=O) groups excluding carboxylic acids is 1. The van der Waals surface area contributed by atoms with Crippen molar-refractivity contribution >= 4 is 40.0 Å². The minimum Gasteiger partial charge on any atom is -0.360 e. The van der Waals surface area contributed by atoms with Gasteiger partial charge in [0.25, 0.3) is 5.91 Å². The van der Waals surface area contributed by atoms with E-state index in [0.29, 0.717) is 22.2 Å². The molecule has 2 aromatic carbocycles. The van der Waals surface area contributed by atoms with E-state index in [-0.39, 0.29) is 5.91 Å². The van der Waals surface area contributed by atoms with Crippen molar-refractivity contribution in [3.63, 3.8) is 0 Å². The van der Waals surface area contributed by atoms with Gasteiger partial charge in [0.1, 0.15) is 0 Å². The molecule has 5 heteroatoms. The zero-order chi connectivity index (χ0) is 14.8. The third kappa shape index (κ3) is 3.04. The summed E-state index contributed by atoms with van der Waals surface area (Å²) in [7, 11) is 0. The SMILES string of the molecule is O=C(NCc1ccc(Cl)cc1)c1c[nH]c2cc(Cl)ccc12. The van der Waals surface area contributed by atoms with Crippen molar-refractivity contribution in [3.05, 3.63) is 69.8 Å². The number of hydrogen-bond acceptors (Lipinski definition) is 1. The van der Waals surface area contributed by atoms with E-state index >= 15 is 0 Å². The van der Waals surface area contributed by atoms with Gasteiger partial charge in [0.2, 0.25) is 0 Å². The van der Waals surface area contributed by atoms with Crippen LogP contribution in [0.1, 0.15) is 15.9 Å². The average molecular weight is 319 g/mol. The van der Waals surface area contributed by atoms with Crippen LogP contribution in [-0.4, -0.2) is 10.9 Å². The van der Waals surface area contributed by atoms with E-state index < -0.39 is 0 Å². The molecule has 3 nitrogen and oxygen atoms in total. The van der Waals surface area contributed by atoms with E-state index in [4.69, 9.17) is 23.2 Å². The molecule has 0 bridgehead atoms. The first kappa shape index (κ1) is 14.0. The average Bonchev–Trinajstić information content (AvgIpc) is 2.89. The number of hydrogen-bond donors (Lipinski definition) is 2. The predicted molar refractivity (Wildman–Crippen MR) is 85.9 cm³/mol. The Labute approximate surface area is 131 Å². The van der Waals surface area contributed by atoms with Crippen LogP contribution in [0.5, 0.6) is 0 Å². The van der Waals surface area contributed by atoms with Crippen molar-refractivity contribution in [1.82, 2.24) is 10.3 Å². The molecule has 1 aromatic heterocycles. The molecule has 1 amide bonds. The molecular weight excluding hydrogens is 307 g/mol. The van der Waals surface area contributed by atoms with Gasteiger partial charge < -0.3 is 10.3 Å². The van der Waals surface area contributed by atoms with Crippen molar-refractivity contribution in [2.75, 3.05) is 0 Å². The molecule has 0 saturated heterocycles. The van der Waals surface area contributed by atoms with E-state index in [1.165, 1.54) is 0 Å². The fourth-order valence-electron chi connectivity index (χ4n) is 2.17. The summed E-state index contributed by atoms with van der Waals surface area (Å²) in [6.45, 7) is 0.455. The standard InChI is InChI=1S/C16H12Cl2N2O/c17-11-3-1-10(2-4-11)8-20-16(21)14-9-19-15-7-12(18)5-6-13(14)15/h1-7,9,19H,8H2,(H,20,21). The van der Waals surface area contributed by atoms with Crippen LogP contribution in [0.15, 0.2) is 48.7 Å². The molecule has 0 radical (unpaired) electrons. The van der Waals surface area contributed by atoms with Crippen LogP contribution >= 0.6 is 23.2 Å². The molecule has 2 N–H and O–H groups in total. The van der Waals surface area contributed by atoms with Gasteiger partial charge in [0, 0.05) is 33.7 Å². The fourth-order valence-corrected chi connectivity index (χ4v) is 2.46. The van der Waals surface area contributed by atoms with Crippen LogP contribution in [0.2, 0.25) is 10.0 Å². The largest absolute Gasteiger partial charge is 0.360 e. The maximum Gasteiger partial charge on any atom is 0.253 e. The van der Waals surface area contributed by atoms with Gasteiger partial charge in [-0.25, -0.2) is 0 Å². The molecule has 3 rings (SSSR count). The summed E-state index contributed by atoms with van der Waals surface area (Å²) in [6.07, 6.45) is 1.69. The Morgan fingerprint density at radius 1 is 1.05 bits per heavy atom. The van der Waals surface area contributed by atoms with Gasteiger partial charge in [-0.15, -0.1) is 0 Å². The number of fused-ring (bicyclic) bond motifs is 1. The minimum absolute atomic E-state index is 0.126. The highest BCUT2D eigenvalue weighted by atomic mass is 35.5. The summed E-state index contributed by atoms with van der Waals surface area (Å²) in [5.41, 5.74) is 2.45. The summed E-state index contributed by atoms with van der Waals surface area (Å²) in [5, 5.41) is 5.06. The number of carbonyl (C=O) groups is 1. The summed E-state index contributed by atoms with van der Waals surface area (Å²) in [4.78, 5) is 15.3. The van der Waals surface area contributed by atoms with E-state index in [9.17, 15) is 4.79 Å². The van der Waals surface area contributed by atoms with Crippen molar-refractivity contribution in [2.24, 2.45) is 0 Å². The van der Waals surface area contributed by atoms with E-state index in [1.54, 1.807) is 30.5 Å². The number of halogens is 2. The van der Waals surface area contributed by atoms with Crippen LogP contribution in [0.25, 0.3) is 10.9 Å². The molecule has 0 saturated carbocycles. The summed E-state index contributed by atoms with van der Waals surface area (Å²) < 4.78 is 0. The van der Waals surface area contributed by atoms with Gasteiger partial charge in [-0.1, -0.05) is 41.4 Å². The summed E-state index contributed by atoms with van der Waals surface area (Å²) in [6, 6.07) is 12.8. The Morgan fingerprint density at radius 2 is 1.76 bits per heavy atom. The Bertz CT molecular complexity index is 794. The van der Waals surface area contributed by atoms with Crippen molar-refractivity contribution < 1.29 is 4.79 Å². The van der Waals surface area contributed by atoms with Crippen molar-refractivity contribution in [3.8, 4) is 0 Å². The molecule has 0 fully saturated rings. The third-order valence-corrected chi connectivity index (χ3v) is 3.74. The Hall–Kier alpha value is -1.97. The molecular formula is C16H12Cl2N2O. The van der Waals surface area contributed by atoms with Gasteiger partial charge in [0.05, 0.1) is 5.56 Å². The molecule has 21 heavy (non-hydrogen) atoms. The van der Waals surface area contributed by atoms with Crippen LogP contribution in [0.3, 0.4) is 0 Å². The van der Waals surface area contributed by atoms with E-state index in [1.807, 2.05) is 18.2 Å². The molecule has 0 aliphatic rings. The second kappa shape index (κ2) is 5.80. The maximum absolute atomic E-state index is 12.3. The van der Waals surface area contributed by atoms with Gasteiger partial charge in [-0.2, -0.15) is 0 Å². The quantitative estimate of drug-likeness (QED) is 0.738. The number of aromatic amines is 1. The highest BCUT2D eigenvalue weighted by Crippen LogP contribution is 2.22. The second-order valence-corrected chi connectivity index (χ2v) is 5.57. The van der Waals surface area contributed by atoms with Crippen LogP contribution < -0.4 is 5.32 Å². The molecule has 0 aliphatic carbocycles. The lowest BCUT2D eigenvalue weighted by Crippen LogP contribution is -2.22. The Morgan fingerprint density at radius 3 is 2.52 bits per heavy atom. The maximum atomic E-state index is 12.3. The summed E-state index contributed by atoms with van der Waals surface area (Å²) in [5.74, 6) is -0.126. The highest BCUT2D eigenvalue weighted by molar-refractivity contribution is 6.31. The van der Waals surface area contributed by atoms with Crippen LogP contribution in [0.4, 0.5) is 0 Å². The van der Waals surface area contributed by atoms with Crippen LogP contribution in [-0.2, 0) is 6.54 Å². The minimum atomic E-state index is -0.126. The smallest absolute Gasteiger partial charge is 0.253 e. The lowest BCUT2D eigenvalue weighted by atomic mass is 10.1. The molecule has 0 aliphatic heterocycles. The number of benzene rings is 2. The second-order valence-electron chi connectivity index (χ2n) is 4.70. The topological polar surface area (TPSA) is 44.9 Å². The molecule has 0 unspecified atom stereocenters. The molecule has 0 spiro atoms. The molecule has 1 heterocycles. The van der Waals surface area contributed by atoms with Crippen LogP contribution in [0, 0.1) is 0 Å². The first-order valence-electron chi connectivity index (χ1n) is 6.43. The van der Waals surface area contributed by atoms with Gasteiger partial charge in [0.15, 0.2) is 0 Å². The number of aromatic nitrogens is 1. The first-order valence-corrected chi connectivity index (χ1v) is 7.18. The Balaban J connectivity index is 1.76. The fraction of sp³-hybridized carbons (Fsp3) is 0.0625. The van der Waals surface area contributed by atoms with E-state index in [0.717, 1.165) is 16.5 Å². The first-order chi connectivity index (χ1) is 10.1. The van der Waals surface area contributed by atoms with Gasteiger partial charge in [-0.3, -0.25) is 4.79 Å². The number of amides is 1. The molecule has 106 valence electrons. The Kier molecular flexibility index (Phi) is 3.86. The number of rotatable bonds is 3. The number of nitrogens with one attached hydrogen (secondary N) is 2. The third-order valence-electron chi connectivity index (χ3n) is 3.25. The lowest BCUT2D eigenvalue weighted by molar-refractivity contribution is 0.0952. The van der Waals surface area contributed by atoms with Gasteiger partial charge in [-0.05, 0) is 29.8 Å². The number of H-pyrrole nitrogens is 1. The zero-order valence-corrected chi connectivity index (χ0v) is 12.5. The monoisotopic (exact) mass is 318 g/mol. The van der Waals surface area contributed by atoms with Crippen molar-refractivity contribution in [2.45, 2.75) is 6.54 Å². The van der Waals surface area contributed by atoms with Gasteiger partial charge >= 0.3 is 0 Å². The predicted octanol–water partition coefficient (Wildman–Crippen LogP) is 4.40. The summed E-state index contributed by atoms with van der Waals surface area (Å²) >= 11 is 11.8. The molecule has 3 aromatic rings. The van der Waals surface area contributed by atoms with E-state index in [2.05, 4.69) is 10.3 Å². The zero-order valence-electron chi connectivity index (χ0n) is 11.0. The lowest BCUT2D eigenvalue weighted by Gasteiger charge is -2.05. The normalized spacial score (nSPS) is 10.8. The van der Waals surface area contributed by atoms with Crippen molar-refractivity contribution in [1.29, 1.82) is 0 Å². The highest BCUT2D eigenvalue weighted by Gasteiger charge is 2.11.